The van der Waals surface area contributed by atoms with E-state index in [2.05, 4.69) is 11.1 Å². The number of benzene rings is 2. The molecule has 1 N–H and O–H groups in total. The second-order valence-corrected chi connectivity index (χ2v) is 5.30. The number of nitrogens with zero attached hydrogens (tertiary/aromatic N) is 1. The van der Waals surface area contributed by atoms with Gasteiger partial charge in [0, 0.05) is 25.3 Å². The summed E-state index contributed by atoms with van der Waals surface area (Å²) >= 11 is 0. The zero-order chi connectivity index (χ0) is 15.4. The van der Waals surface area contributed by atoms with Gasteiger partial charge in [-0.1, -0.05) is 36.4 Å². The third-order valence-corrected chi connectivity index (χ3v) is 3.55. The molecule has 0 bridgehead atoms. The Morgan fingerprint density at radius 2 is 1.91 bits per heavy atom. The number of H-pyrrole nitrogens is 1. The molecule has 0 aliphatic carbocycles. The topological polar surface area (TPSA) is 45.3 Å². The van der Waals surface area contributed by atoms with Crippen LogP contribution in [0.4, 0.5) is 4.79 Å². The van der Waals surface area contributed by atoms with E-state index in [1.165, 1.54) is 0 Å². The highest BCUT2D eigenvalue weighted by Gasteiger charge is 2.11. The number of carbonyl (C=O) groups is 1. The van der Waals surface area contributed by atoms with Gasteiger partial charge in [-0.25, -0.2) is 4.79 Å². The van der Waals surface area contributed by atoms with E-state index in [1.807, 2.05) is 54.7 Å². The molecule has 0 radical (unpaired) electrons. The van der Waals surface area contributed by atoms with Gasteiger partial charge >= 0.3 is 6.09 Å². The molecular formula is C18H18N2O2. The largest absolute Gasteiger partial charge is 0.445 e. The second kappa shape index (κ2) is 6.35. The number of fused-ring (bicyclic) bond motifs is 1. The van der Waals surface area contributed by atoms with E-state index in [4.69, 9.17) is 4.74 Å². The highest BCUT2D eigenvalue weighted by atomic mass is 16.6. The molecule has 4 heteroatoms. The van der Waals surface area contributed by atoms with Crippen LogP contribution in [0, 0.1) is 0 Å². The molecule has 4 nitrogen and oxygen atoms in total. The van der Waals surface area contributed by atoms with E-state index in [0.717, 1.165) is 22.0 Å². The monoisotopic (exact) mass is 294 g/mol. The first kappa shape index (κ1) is 14.2. The molecule has 22 heavy (non-hydrogen) atoms. The van der Waals surface area contributed by atoms with E-state index in [1.54, 1.807) is 11.9 Å². The molecule has 3 rings (SSSR count). The van der Waals surface area contributed by atoms with Crippen molar-refractivity contribution < 1.29 is 9.53 Å². The Bertz CT molecular complexity index is 765. The summed E-state index contributed by atoms with van der Waals surface area (Å²) in [5.41, 5.74) is 3.15. The Labute approximate surface area is 129 Å². The number of aromatic amines is 1. The Kier molecular flexibility index (Phi) is 4.10. The van der Waals surface area contributed by atoms with E-state index in [-0.39, 0.29) is 6.09 Å². The van der Waals surface area contributed by atoms with Crippen molar-refractivity contribution >= 4 is 17.0 Å². The highest BCUT2D eigenvalue weighted by Crippen LogP contribution is 2.15. The average molecular weight is 294 g/mol. The number of ether oxygens (including phenoxy) is 1. The minimum absolute atomic E-state index is 0.293. The molecule has 0 unspecified atom stereocenters. The van der Waals surface area contributed by atoms with Crippen LogP contribution in [0.5, 0.6) is 0 Å². The first-order valence-electron chi connectivity index (χ1n) is 7.20. The fourth-order valence-electron chi connectivity index (χ4n) is 2.37. The van der Waals surface area contributed by atoms with Gasteiger partial charge in [-0.3, -0.25) is 0 Å². The minimum Gasteiger partial charge on any atom is -0.445 e. The van der Waals surface area contributed by atoms with Crippen LogP contribution in [0.3, 0.4) is 0 Å². The zero-order valence-electron chi connectivity index (χ0n) is 12.5. The van der Waals surface area contributed by atoms with Gasteiger partial charge in [0.05, 0.1) is 0 Å². The maximum Gasteiger partial charge on any atom is 0.410 e. The van der Waals surface area contributed by atoms with Gasteiger partial charge in [0.15, 0.2) is 0 Å². The molecule has 1 amide bonds. The quantitative estimate of drug-likeness (QED) is 0.792. The van der Waals surface area contributed by atoms with Gasteiger partial charge in [0.25, 0.3) is 0 Å². The van der Waals surface area contributed by atoms with Crippen molar-refractivity contribution in [2.45, 2.75) is 13.2 Å². The SMILES string of the molecule is CN(Cc1ccc2[nH]ccc2c1)C(=O)OCc1ccccc1. The maximum atomic E-state index is 12.0. The fraction of sp³-hybridized carbons (Fsp3) is 0.167. The lowest BCUT2D eigenvalue weighted by Crippen LogP contribution is -2.26. The van der Waals surface area contributed by atoms with Crippen LogP contribution in [0.25, 0.3) is 10.9 Å². The second-order valence-electron chi connectivity index (χ2n) is 5.30. The van der Waals surface area contributed by atoms with Crippen molar-refractivity contribution in [2.24, 2.45) is 0 Å². The summed E-state index contributed by atoms with van der Waals surface area (Å²) in [6.07, 6.45) is 1.59. The normalized spacial score (nSPS) is 10.6. The van der Waals surface area contributed by atoms with Gasteiger partial charge in [0.1, 0.15) is 6.61 Å². The summed E-state index contributed by atoms with van der Waals surface area (Å²) < 4.78 is 5.32. The molecule has 0 saturated carbocycles. The number of hydrogen-bond donors (Lipinski definition) is 1. The lowest BCUT2D eigenvalue weighted by atomic mass is 10.1. The fourth-order valence-corrected chi connectivity index (χ4v) is 2.37. The van der Waals surface area contributed by atoms with E-state index in [9.17, 15) is 4.79 Å². The molecule has 2 aromatic carbocycles. The molecule has 0 saturated heterocycles. The van der Waals surface area contributed by atoms with Crippen molar-refractivity contribution in [3.63, 3.8) is 0 Å². The van der Waals surface area contributed by atoms with Gasteiger partial charge in [-0.05, 0) is 34.7 Å². The summed E-state index contributed by atoms with van der Waals surface area (Å²) in [5.74, 6) is 0. The Hall–Kier alpha value is -2.75. The van der Waals surface area contributed by atoms with Crippen molar-refractivity contribution in [1.82, 2.24) is 9.88 Å². The van der Waals surface area contributed by atoms with Crippen LogP contribution in [0.15, 0.2) is 60.8 Å². The number of aromatic nitrogens is 1. The molecule has 1 aromatic heterocycles. The first-order valence-corrected chi connectivity index (χ1v) is 7.20. The van der Waals surface area contributed by atoms with Crippen molar-refractivity contribution in [2.75, 3.05) is 7.05 Å². The number of hydrogen-bond acceptors (Lipinski definition) is 2. The summed E-state index contributed by atoms with van der Waals surface area (Å²) in [7, 11) is 1.74. The van der Waals surface area contributed by atoms with Crippen LogP contribution in [-0.2, 0) is 17.9 Å². The van der Waals surface area contributed by atoms with Gasteiger partial charge < -0.3 is 14.6 Å². The molecule has 112 valence electrons. The first-order chi connectivity index (χ1) is 10.7. The molecule has 0 aliphatic rings. The van der Waals surface area contributed by atoms with Crippen molar-refractivity contribution in [3.8, 4) is 0 Å². The molecule has 3 aromatic rings. The van der Waals surface area contributed by atoms with E-state index >= 15 is 0 Å². The predicted octanol–water partition coefficient (Wildman–Crippen LogP) is 3.94. The van der Waals surface area contributed by atoms with Crippen LogP contribution in [-0.4, -0.2) is 23.0 Å². The number of carbonyl (C=O) groups excluding carboxylic acids is 1. The smallest absolute Gasteiger partial charge is 0.410 e. The van der Waals surface area contributed by atoms with Gasteiger partial charge in [-0.2, -0.15) is 0 Å². The average Bonchev–Trinajstić information content (AvgIpc) is 3.01. The molecule has 0 spiro atoms. The maximum absolute atomic E-state index is 12.0. The molecule has 0 aliphatic heterocycles. The summed E-state index contributed by atoms with van der Waals surface area (Å²) in [6, 6.07) is 17.8. The summed E-state index contributed by atoms with van der Waals surface area (Å²) in [4.78, 5) is 16.8. The summed E-state index contributed by atoms with van der Waals surface area (Å²) in [6.45, 7) is 0.815. The van der Waals surface area contributed by atoms with Crippen molar-refractivity contribution in [1.29, 1.82) is 0 Å². The third-order valence-electron chi connectivity index (χ3n) is 3.55. The number of nitrogens with one attached hydrogen (secondary N) is 1. The number of amides is 1. The predicted molar refractivity (Wildman–Crippen MR) is 86.4 cm³/mol. The van der Waals surface area contributed by atoms with Crippen LogP contribution in [0.1, 0.15) is 11.1 Å². The molecule has 0 atom stereocenters. The lowest BCUT2D eigenvalue weighted by molar-refractivity contribution is 0.103. The third kappa shape index (κ3) is 3.28. The van der Waals surface area contributed by atoms with E-state index in [0.29, 0.717) is 13.2 Å². The van der Waals surface area contributed by atoms with Crippen LogP contribution < -0.4 is 0 Å². The van der Waals surface area contributed by atoms with Gasteiger partial charge in [0.2, 0.25) is 0 Å². The van der Waals surface area contributed by atoms with Gasteiger partial charge in [-0.15, -0.1) is 0 Å². The lowest BCUT2D eigenvalue weighted by Gasteiger charge is -2.17. The molecular weight excluding hydrogens is 276 g/mol. The standard InChI is InChI=1S/C18H18N2O2/c1-20(18(21)22-13-14-5-3-2-4-6-14)12-15-7-8-17-16(11-15)9-10-19-17/h2-11,19H,12-13H2,1H3. The highest BCUT2D eigenvalue weighted by molar-refractivity contribution is 5.80. The van der Waals surface area contributed by atoms with Crippen LogP contribution in [0.2, 0.25) is 0 Å². The minimum atomic E-state index is -0.321. The number of rotatable bonds is 4. The summed E-state index contributed by atoms with van der Waals surface area (Å²) in [5, 5.41) is 1.14. The van der Waals surface area contributed by atoms with Crippen LogP contribution >= 0.6 is 0 Å². The molecule has 0 fully saturated rings. The Morgan fingerprint density at radius 1 is 1.09 bits per heavy atom. The zero-order valence-corrected chi connectivity index (χ0v) is 12.5. The Balaban J connectivity index is 1.58. The van der Waals surface area contributed by atoms with Crippen molar-refractivity contribution in [3.05, 3.63) is 71.9 Å². The molecule has 1 heterocycles. The Morgan fingerprint density at radius 3 is 2.73 bits per heavy atom. The van der Waals surface area contributed by atoms with E-state index < -0.39 is 0 Å².